The summed E-state index contributed by atoms with van der Waals surface area (Å²) in [5, 5.41) is 2.86. The first kappa shape index (κ1) is 15.2. The standard InChI is InChI=1S/C14H21BrN2O/c1-10(11-4-6-12(15)7-5-11)8-13(18)17-9-14(2,3)16/h4-7,10H,8-9,16H2,1-3H3,(H,17,18). The molecule has 3 N–H and O–H groups in total. The summed E-state index contributed by atoms with van der Waals surface area (Å²) in [6.07, 6.45) is 0.484. The Morgan fingerprint density at radius 1 is 1.39 bits per heavy atom. The van der Waals surface area contributed by atoms with Crippen LogP contribution in [0.3, 0.4) is 0 Å². The van der Waals surface area contributed by atoms with Gasteiger partial charge in [-0.15, -0.1) is 0 Å². The van der Waals surface area contributed by atoms with Crippen LogP contribution in [0.2, 0.25) is 0 Å². The number of hydrogen-bond acceptors (Lipinski definition) is 2. The lowest BCUT2D eigenvalue weighted by atomic mass is 9.97. The zero-order valence-electron chi connectivity index (χ0n) is 11.2. The van der Waals surface area contributed by atoms with Gasteiger partial charge in [0, 0.05) is 23.0 Å². The van der Waals surface area contributed by atoms with E-state index in [2.05, 4.69) is 28.2 Å². The minimum atomic E-state index is -0.365. The maximum Gasteiger partial charge on any atom is 0.220 e. The van der Waals surface area contributed by atoms with Crippen molar-refractivity contribution in [2.75, 3.05) is 6.54 Å². The van der Waals surface area contributed by atoms with Crippen LogP contribution < -0.4 is 11.1 Å². The summed E-state index contributed by atoms with van der Waals surface area (Å²) in [4.78, 5) is 11.8. The molecule has 1 unspecified atom stereocenters. The molecule has 0 bridgehead atoms. The van der Waals surface area contributed by atoms with Gasteiger partial charge >= 0.3 is 0 Å². The second-order valence-electron chi connectivity index (χ2n) is 5.42. The molecule has 0 saturated heterocycles. The highest BCUT2D eigenvalue weighted by molar-refractivity contribution is 9.10. The molecular formula is C14H21BrN2O. The topological polar surface area (TPSA) is 55.1 Å². The van der Waals surface area contributed by atoms with E-state index in [9.17, 15) is 4.79 Å². The number of halogens is 1. The Labute approximate surface area is 117 Å². The van der Waals surface area contributed by atoms with Gasteiger partial charge in [-0.1, -0.05) is 35.0 Å². The highest BCUT2D eigenvalue weighted by Crippen LogP contribution is 2.21. The van der Waals surface area contributed by atoms with Crippen molar-refractivity contribution in [1.29, 1.82) is 0 Å². The van der Waals surface area contributed by atoms with Crippen LogP contribution in [0.15, 0.2) is 28.7 Å². The lowest BCUT2D eigenvalue weighted by molar-refractivity contribution is -0.121. The van der Waals surface area contributed by atoms with Crippen LogP contribution in [0.25, 0.3) is 0 Å². The Morgan fingerprint density at radius 2 is 1.94 bits per heavy atom. The first-order chi connectivity index (χ1) is 8.28. The van der Waals surface area contributed by atoms with Crippen molar-refractivity contribution in [3.8, 4) is 0 Å². The molecule has 0 heterocycles. The number of carbonyl (C=O) groups is 1. The molecule has 0 aromatic heterocycles. The van der Waals surface area contributed by atoms with E-state index in [0.29, 0.717) is 13.0 Å². The Morgan fingerprint density at radius 3 is 2.44 bits per heavy atom. The molecule has 1 atom stereocenters. The zero-order valence-corrected chi connectivity index (χ0v) is 12.8. The van der Waals surface area contributed by atoms with E-state index in [-0.39, 0.29) is 17.4 Å². The lowest BCUT2D eigenvalue weighted by Crippen LogP contribution is -2.45. The van der Waals surface area contributed by atoms with Crippen LogP contribution in [0, 0.1) is 0 Å². The van der Waals surface area contributed by atoms with Gasteiger partial charge in [0.05, 0.1) is 0 Å². The van der Waals surface area contributed by atoms with E-state index in [4.69, 9.17) is 5.73 Å². The molecule has 1 rings (SSSR count). The largest absolute Gasteiger partial charge is 0.354 e. The summed E-state index contributed by atoms with van der Waals surface area (Å²) in [6, 6.07) is 8.06. The van der Waals surface area contributed by atoms with Crippen molar-refractivity contribution in [2.24, 2.45) is 5.73 Å². The monoisotopic (exact) mass is 312 g/mol. The van der Waals surface area contributed by atoms with Gasteiger partial charge in [0.25, 0.3) is 0 Å². The van der Waals surface area contributed by atoms with Crippen LogP contribution in [0.5, 0.6) is 0 Å². The van der Waals surface area contributed by atoms with Crippen molar-refractivity contribution in [3.05, 3.63) is 34.3 Å². The molecule has 100 valence electrons. The molecule has 4 heteroatoms. The van der Waals surface area contributed by atoms with Gasteiger partial charge in [0.1, 0.15) is 0 Å². The molecular weight excluding hydrogens is 292 g/mol. The molecule has 0 aliphatic rings. The van der Waals surface area contributed by atoms with Gasteiger partial charge in [-0.05, 0) is 37.5 Å². The fourth-order valence-electron chi connectivity index (χ4n) is 1.59. The SMILES string of the molecule is CC(CC(=O)NCC(C)(C)N)c1ccc(Br)cc1. The third-order valence-corrected chi connectivity index (χ3v) is 3.20. The molecule has 1 amide bonds. The number of nitrogens with two attached hydrogens (primary N) is 1. The fourth-order valence-corrected chi connectivity index (χ4v) is 1.85. The molecule has 3 nitrogen and oxygen atoms in total. The van der Waals surface area contributed by atoms with Gasteiger partial charge in [0.15, 0.2) is 0 Å². The minimum Gasteiger partial charge on any atom is -0.354 e. The summed E-state index contributed by atoms with van der Waals surface area (Å²) in [7, 11) is 0. The predicted molar refractivity (Wildman–Crippen MR) is 78.5 cm³/mol. The number of nitrogens with one attached hydrogen (secondary N) is 1. The average molecular weight is 313 g/mol. The number of amides is 1. The first-order valence-corrected chi connectivity index (χ1v) is 6.88. The number of carbonyl (C=O) groups excluding carboxylic acids is 1. The fraction of sp³-hybridized carbons (Fsp3) is 0.500. The summed E-state index contributed by atoms with van der Waals surface area (Å²) in [5.41, 5.74) is 6.62. The molecule has 0 saturated carbocycles. The van der Waals surface area contributed by atoms with Gasteiger partial charge in [-0.2, -0.15) is 0 Å². The van der Waals surface area contributed by atoms with E-state index >= 15 is 0 Å². The van der Waals surface area contributed by atoms with E-state index in [1.165, 1.54) is 5.56 Å². The third-order valence-electron chi connectivity index (χ3n) is 2.67. The first-order valence-electron chi connectivity index (χ1n) is 6.09. The second kappa shape index (κ2) is 6.34. The molecule has 1 aromatic carbocycles. The summed E-state index contributed by atoms with van der Waals surface area (Å²) < 4.78 is 1.05. The van der Waals surface area contributed by atoms with Crippen molar-refractivity contribution < 1.29 is 4.79 Å². The van der Waals surface area contributed by atoms with Gasteiger partial charge < -0.3 is 11.1 Å². The predicted octanol–water partition coefficient (Wildman–Crippen LogP) is 2.80. The van der Waals surface area contributed by atoms with Crippen LogP contribution in [-0.2, 0) is 4.79 Å². The Hall–Kier alpha value is -0.870. The van der Waals surface area contributed by atoms with Crippen molar-refractivity contribution in [2.45, 2.75) is 38.6 Å². The quantitative estimate of drug-likeness (QED) is 0.878. The van der Waals surface area contributed by atoms with Crippen LogP contribution in [-0.4, -0.2) is 18.0 Å². The maximum atomic E-state index is 11.8. The van der Waals surface area contributed by atoms with E-state index in [1.807, 2.05) is 38.1 Å². The Kier molecular flexibility index (Phi) is 5.35. The van der Waals surface area contributed by atoms with E-state index < -0.39 is 0 Å². The highest BCUT2D eigenvalue weighted by atomic mass is 79.9. The van der Waals surface area contributed by atoms with Crippen molar-refractivity contribution >= 4 is 21.8 Å². The van der Waals surface area contributed by atoms with Crippen molar-refractivity contribution in [3.63, 3.8) is 0 Å². The van der Waals surface area contributed by atoms with Gasteiger partial charge in [0.2, 0.25) is 5.91 Å². The Bertz CT molecular complexity index is 395. The third kappa shape index (κ3) is 5.65. The molecule has 0 aliphatic heterocycles. The van der Waals surface area contributed by atoms with Crippen LogP contribution >= 0.6 is 15.9 Å². The maximum absolute atomic E-state index is 11.8. The van der Waals surface area contributed by atoms with Crippen LogP contribution in [0.1, 0.15) is 38.7 Å². The molecule has 0 radical (unpaired) electrons. The smallest absolute Gasteiger partial charge is 0.220 e. The lowest BCUT2D eigenvalue weighted by Gasteiger charge is -2.20. The summed E-state index contributed by atoms with van der Waals surface area (Å²) >= 11 is 3.40. The summed E-state index contributed by atoms with van der Waals surface area (Å²) in [6.45, 7) is 6.34. The Balaban J connectivity index is 2.47. The van der Waals surface area contributed by atoms with E-state index in [0.717, 1.165) is 4.47 Å². The zero-order chi connectivity index (χ0) is 13.8. The number of hydrogen-bond donors (Lipinski definition) is 2. The number of rotatable bonds is 5. The van der Waals surface area contributed by atoms with Gasteiger partial charge in [-0.3, -0.25) is 4.79 Å². The van der Waals surface area contributed by atoms with Gasteiger partial charge in [-0.25, -0.2) is 0 Å². The normalized spacial score (nSPS) is 13.2. The molecule has 1 aromatic rings. The van der Waals surface area contributed by atoms with Crippen molar-refractivity contribution in [1.82, 2.24) is 5.32 Å². The molecule has 18 heavy (non-hydrogen) atoms. The second-order valence-corrected chi connectivity index (χ2v) is 6.34. The highest BCUT2D eigenvalue weighted by Gasteiger charge is 2.15. The molecule has 0 fully saturated rings. The minimum absolute atomic E-state index is 0.0453. The summed E-state index contributed by atoms with van der Waals surface area (Å²) in [5.74, 6) is 0.253. The number of benzene rings is 1. The van der Waals surface area contributed by atoms with Crippen LogP contribution in [0.4, 0.5) is 0 Å². The molecule has 0 aliphatic carbocycles. The average Bonchev–Trinajstić information content (AvgIpc) is 2.26. The van der Waals surface area contributed by atoms with E-state index in [1.54, 1.807) is 0 Å². The molecule has 0 spiro atoms.